The molecule has 0 unspecified atom stereocenters. The van der Waals surface area contributed by atoms with Gasteiger partial charge in [0.2, 0.25) is 5.91 Å². The molecule has 19 heavy (non-hydrogen) atoms. The molecule has 0 fully saturated rings. The number of nitriles is 1. The van der Waals surface area contributed by atoms with Crippen molar-refractivity contribution in [2.45, 2.75) is 33.1 Å². The molecule has 0 N–H and O–H groups in total. The van der Waals surface area contributed by atoms with E-state index in [-0.39, 0.29) is 11.3 Å². The average molecular weight is 277 g/mol. The summed E-state index contributed by atoms with van der Waals surface area (Å²) >= 11 is 5.98. The van der Waals surface area contributed by atoms with Gasteiger partial charge in [-0.05, 0) is 44.4 Å². The first-order valence-electron chi connectivity index (χ1n) is 6.43. The quantitative estimate of drug-likeness (QED) is 0.844. The summed E-state index contributed by atoms with van der Waals surface area (Å²) in [6, 6.07) is 7.85. The van der Waals surface area contributed by atoms with Crippen LogP contribution in [0.1, 0.15) is 32.3 Å². The number of benzene rings is 1. The van der Waals surface area contributed by atoms with E-state index in [1.165, 1.54) is 0 Å². The monoisotopic (exact) mass is 276 g/mol. The van der Waals surface area contributed by atoms with Crippen LogP contribution >= 0.6 is 11.6 Å². The van der Waals surface area contributed by atoms with Crippen LogP contribution in [0.3, 0.4) is 0 Å². The van der Waals surface area contributed by atoms with Gasteiger partial charge in [-0.1, -0.05) is 17.7 Å². The third-order valence-corrected chi connectivity index (χ3v) is 3.70. The molecule has 0 aromatic heterocycles. The standard InChI is InChI=1S/C15H17ClN2O/c1-15(2,10-17)6-3-7-18-13-9-12(16)5-4-11(13)8-14(18)19/h4-5,9H,3,6-8H2,1-2H3. The first kappa shape index (κ1) is 13.9. The van der Waals surface area contributed by atoms with E-state index in [2.05, 4.69) is 6.07 Å². The van der Waals surface area contributed by atoms with Crippen LogP contribution in [-0.2, 0) is 11.2 Å². The fourth-order valence-electron chi connectivity index (χ4n) is 2.31. The molecule has 4 heteroatoms. The zero-order valence-electron chi connectivity index (χ0n) is 11.2. The van der Waals surface area contributed by atoms with Crippen LogP contribution in [0.2, 0.25) is 5.02 Å². The van der Waals surface area contributed by atoms with Gasteiger partial charge in [0.15, 0.2) is 0 Å². The molecule has 0 spiro atoms. The number of anilines is 1. The van der Waals surface area contributed by atoms with Gasteiger partial charge in [0.05, 0.1) is 17.9 Å². The molecule has 1 aromatic carbocycles. The van der Waals surface area contributed by atoms with Gasteiger partial charge in [0, 0.05) is 17.3 Å². The Bertz CT molecular complexity index is 546. The van der Waals surface area contributed by atoms with Gasteiger partial charge in [-0.2, -0.15) is 5.26 Å². The van der Waals surface area contributed by atoms with Crippen molar-refractivity contribution in [3.8, 4) is 6.07 Å². The van der Waals surface area contributed by atoms with E-state index < -0.39 is 0 Å². The van der Waals surface area contributed by atoms with Crippen molar-refractivity contribution in [3.63, 3.8) is 0 Å². The molecule has 0 saturated heterocycles. The number of halogens is 1. The molecule has 1 aliphatic rings. The lowest BCUT2D eigenvalue weighted by Crippen LogP contribution is -2.28. The first-order chi connectivity index (χ1) is 8.93. The number of hydrogen-bond donors (Lipinski definition) is 0. The smallest absolute Gasteiger partial charge is 0.231 e. The molecule has 3 nitrogen and oxygen atoms in total. The fraction of sp³-hybridized carbons (Fsp3) is 0.467. The summed E-state index contributed by atoms with van der Waals surface area (Å²) in [6.07, 6.45) is 2.05. The minimum absolute atomic E-state index is 0.118. The van der Waals surface area contributed by atoms with E-state index in [9.17, 15) is 4.79 Å². The predicted octanol–water partition coefficient (Wildman–Crippen LogP) is 3.56. The Kier molecular flexibility index (Phi) is 3.82. The van der Waals surface area contributed by atoms with Gasteiger partial charge in [-0.3, -0.25) is 4.79 Å². The Balaban J connectivity index is 2.05. The summed E-state index contributed by atoms with van der Waals surface area (Å²) < 4.78 is 0. The second-order valence-corrected chi connectivity index (χ2v) is 6.03. The molecule has 1 aromatic rings. The Hall–Kier alpha value is -1.53. The van der Waals surface area contributed by atoms with Crippen molar-refractivity contribution in [3.05, 3.63) is 28.8 Å². The van der Waals surface area contributed by atoms with Gasteiger partial charge >= 0.3 is 0 Å². The second kappa shape index (κ2) is 5.22. The molecule has 1 aliphatic heterocycles. The summed E-state index contributed by atoms with van der Waals surface area (Å²) in [5.41, 5.74) is 1.63. The molecule has 100 valence electrons. The Morgan fingerprint density at radius 3 is 2.89 bits per heavy atom. The zero-order valence-corrected chi connectivity index (χ0v) is 12.0. The van der Waals surface area contributed by atoms with Gasteiger partial charge in [0.25, 0.3) is 0 Å². The topological polar surface area (TPSA) is 44.1 Å². The van der Waals surface area contributed by atoms with Gasteiger partial charge < -0.3 is 4.90 Å². The largest absolute Gasteiger partial charge is 0.312 e. The highest BCUT2D eigenvalue weighted by molar-refractivity contribution is 6.31. The minimum atomic E-state index is -0.333. The lowest BCUT2D eigenvalue weighted by Gasteiger charge is -2.20. The van der Waals surface area contributed by atoms with Crippen LogP contribution in [-0.4, -0.2) is 12.5 Å². The third-order valence-electron chi connectivity index (χ3n) is 3.47. The number of nitrogens with zero attached hydrogens (tertiary/aromatic N) is 2. The molecule has 0 aliphatic carbocycles. The van der Waals surface area contributed by atoms with Crippen molar-refractivity contribution in [1.82, 2.24) is 0 Å². The number of hydrogen-bond acceptors (Lipinski definition) is 2. The fourth-order valence-corrected chi connectivity index (χ4v) is 2.48. The number of fused-ring (bicyclic) bond motifs is 1. The number of amides is 1. The molecule has 2 rings (SSSR count). The Morgan fingerprint density at radius 1 is 1.47 bits per heavy atom. The van der Waals surface area contributed by atoms with E-state index >= 15 is 0 Å². The van der Waals surface area contributed by atoms with Crippen molar-refractivity contribution in [2.24, 2.45) is 5.41 Å². The van der Waals surface area contributed by atoms with Crippen LogP contribution in [0.25, 0.3) is 0 Å². The molecule has 0 atom stereocenters. The highest BCUT2D eigenvalue weighted by atomic mass is 35.5. The predicted molar refractivity (Wildman–Crippen MR) is 76.1 cm³/mol. The summed E-state index contributed by atoms with van der Waals surface area (Å²) in [5, 5.41) is 9.63. The summed E-state index contributed by atoms with van der Waals surface area (Å²) in [7, 11) is 0. The van der Waals surface area contributed by atoms with Crippen LogP contribution < -0.4 is 4.90 Å². The van der Waals surface area contributed by atoms with E-state index in [1.807, 2.05) is 32.0 Å². The average Bonchev–Trinajstić information content (AvgIpc) is 2.66. The van der Waals surface area contributed by atoms with Crippen molar-refractivity contribution in [1.29, 1.82) is 5.26 Å². The summed E-state index contributed by atoms with van der Waals surface area (Å²) in [4.78, 5) is 13.8. The highest BCUT2D eigenvalue weighted by Gasteiger charge is 2.27. The zero-order chi connectivity index (χ0) is 14.0. The maximum absolute atomic E-state index is 12.0. The molecule has 0 radical (unpaired) electrons. The van der Waals surface area contributed by atoms with Crippen molar-refractivity contribution < 1.29 is 4.79 Å². The van der Waals surface area contributed by atoms with E-state index in [1.54, 1.807) is 4.90 Å². The minimum Gasteiger partial charge on any atom is -0.312 e. The van der Waals surface area contributed by atoms with Crippen LogP contribution in [0, 0.1) is 16.7 Å². The normalized spacial score (nSPS) is 14.4. The number of carbonyl (C=O) groups excluding carboxylic acids is 1. The first-order valence-corrected chi connectivity index (χ1v) is 6.81. The number of carbonyl (C=O) groups is 1. The number of rotatable bonds is 4. The molecule has 1 amide bonds. The maximum atomic E-state index is 12.0. The van der Waals surface area contributed by atoms with Gasteiger partial charge in [-0.25, -0.2) is 0 Å². The molecular formula is C15H17ClN2O. The molecule has 1 heterocycles. The van der Waals surface area contributed by atoms with Gasteiger partial charge in [0.1, 0.15) is 0 Å². The van der Waals surface area contributed by atoms with Crippen molar-refractivity contribution in [2.75, 3.05) is 11.4 Å². The van der Waals surface area contributed by atoms with E-state index in [0.717, 1.165) is 24.1 Å². The summed E-state index contributed by atoms with van der Waals surface area (Å²) in [5.74, 6) is 0.118. The second-order valence-electron chi connectivity index (χ2n) is 5.59. The van der Waals surface area contributed by atoms with E-state index in [4.69, 9.17) is 16.9 Å². The van der Waals surface area contributed by atoms with Crippen LogP contribution in [0.4, 0.5) is 5.69 Å². The summed E-state index contributed by atoms with van der Waals surface area (Å²) in [6.45, 7) is 4.49. The van der Waals surface area contributed by atoms with E-state index in [0.29, 0.717) is 18.0 Å². The Morgan fingerprint density at radius 2 is 2.21 bits per heavy atom. The molecule has 0 saturated carbocycles. The van der Waals surface area contributed by atoms with Crippen LogP contribution in [0.5, 0.6) is 0 Å². The Labute approximate surface area is 118 Å². The molecular weight excluding hydrogens is 260 g/mol. The SMILES string of the molecule is CC(C)(C#N)CCCN1C(=O)Cc2ccc(Cl)cc21. The van der Waals surface area contributed by atoms with Crippen molar-refractivity contribution >= 4 is 23.2 Å². The van der Waals surface area contributed by atoms with Gasteiger partial charge in [-0.15, -0.1) is 0 Å². The lowest BCUT2D eigenvalue weighted by molar-refractivity contribution is -0.117. The maximum Gasteiger partial charge on any atom is 0.231 e. The highest BCUT2D eigenvalue weighted by Crippen LogP contribution is 2.32. The molecule has 0 bridgehead atoms. The third kappa shape index (κ3) is 3.08. The lowest BCUT2D eigenvalue weighted by atomic mass is 9.90. The van der Waals surface area contributed by atoms with Crippen LogP contribution in [0.15, 0.2) is 18.2 Å².